The number of halogens is 2. The van der Waals surface area contributed by atoms with Gasteiger partial charge in [0, 0.05) is 18.8 Å². The van der Waals surface area contributed by atoms with Crippen molar-refractivity contribution in [3.8, 4) is 5.75 Å². The molecule has 1 aromatic heterocycles. The zero-order valence-electron chi connectivity index (χ0n) is 13.3. The van der Waals surface area contributed by atoms with Crippen LogP contribution in [-0.4, -0.2) is 28.7 Å². The van der Waals surface area contributed by atoms with Crippen LogP contribution in [0, 0.1) is 6.92 Å². The number of rotatable bonds is 6. The Kier molecular flexibility index (Phi) is 5.31. The standard InChI is InChI=1S/C16H19F2N3O2/c1-4-11-7-13(21(3)20-11)16(22)19-12-6-5-10(2)14(8-12)23-9-15(17)18/h5-8,15H,4,9H2,1-3H3,(H,19,22). The maximum Gasteiger partial charge on any atom is 0.273 e. The van der Waals surface area contributed by atoms with Crippen LogP contribution in [0.3, 0.4) is 0 Å². The van der Waals surface area contributed by atoms with Crippen LogP contribution in [0.2, 0.25) is 0 Å². The summed E-state index contributed by atoms with van der Waals surface area (Å²) in [5.74, 6) is 0.00529. The lowest BCUT2D eigenvalue weighted by Gasteiger charge is -2.11. The van der Waals surface area contributed by atoms with Crippen LogP contribution < -0.4 is 10.1 Å². The molecule has 124 valence electrons. The molecule has 0 aliphatic rings. The van der Waals surface area contributed by atoms with Crippen molar-refractivity contribution in [3.05, 3.63) is 41.2 Å². The van der Waals surface area contributed by atoms with Gasteiger partial charge in [0.15, 0.2) is 0 Å². The second kappa shape index (κ2) is 7.21. The molecule has 23 heavy (non-hydrogen) atoms. The van der Waals surface area contributed by atoms with E-state index in [1.54, 1.807) is 32.2 Å². The van der Waals surface area contributed by atoms with Gasteiger partial charge in [0.05, 0.1) is 5.69 Å². The molecular weight excluding hydrogens is 304 g/mol. The van der Waals surface area contributed by atoms with Crippen molar-refractivity contribution >= 4 is 11.6 Å². The van der Waals surface area contributed by atoms with E-state index < -0.39 is 13.0 Å². The number of amides is 1. The number of alkyl halides is 2. The predicted octanol–water partition coefficient (Wildman–Crippen LogP) is 3.19. The molecule has 0 saturated heterocycles. The molecule has 0 saturated carbocycles. The van der Waals surface area contributed by atoms with E-state index in [0.717, 1.165) is 17.7 Å². The Balaban J connectivity index is 2.14. The Morgan fingerprint density at radius 3 is 2.74 bits per heavy atom. The molecule has 0 aliphatic heterocycles. The Labute approximate surface area is 133 Å². The Bertz CT molecular complexity index is 699. The minimum absolute atomic E-state index is 0.316. The quantitative estimate of drug-likeness (QED) is 0.888. The number of hydrogen-bond donors (Lipinski definition) is 1. The van der Waals surface area contributed by atoms with Crippen LogP contribution in [0.4, 0.5) is 14.5 Å². The zero-order chi connectivity index (χ0) is 17.0. The van der Waals surface area contributed by atoms with Gasteiger partial charge in [0.25, 0.3) is 12.3 Å². The number of anilines is 1. The monoisotopic (exact) mass is 323 g/mol. The van der Waals surface area contributed by atoms with Gasteiger partial charge < -0.3 is 10.1 Å². The van der Waals surface area contributed by atoms with E-state index in [9.17, 15) is 13.6 Å². The summed E-state index contributed by atoms with van der Waals surface area (Å²) in [6, 6.07) is 6.65. The fourth-order valence-electron chi connectivity index (χ4n) is 2.09. The third-order valence-corrected chi connectivity index (χ3v) is 3.34. The second-order valence-corrected chi connectivity index (χ2v) is 5.13. The van der Waals surface area contributed by atoms with Crippen LogP contribution >= 0.6 is 0 Å². The number of carbonyl (C=O) groups excluding carboxylic acids is 1. The average molecular weight is 323 g/mol. The molecule has 1 heterocycles. The highest BCUT2D eigenvalue weighted by Gasteiger charge is 2.14. The van der Waals surface area contributed by atoms with Crippen molar-refractivity contribution in [2.45, 2.75) is 26.7 Å². The maximum absolute atomic E-state index is 12.3. The number of nitrogens with one attached hydrogen (secondary N) is 1. The van der Waals surface area contributed by atoms with Crippen molar-refractivity contribution in [1.82, 2.24) is 9.78 Å². The Morgan fingerprint density at radius 1 is 1.39 bits per heavy atom. The molecule has 0 radical (unpaired) electrons. The summed E-state index contributed by atoms with van der Waals surface area (Å²) in [5, 5.41) is 6.94. The minimum Gasteiger partial charge on any atom is -0.487 e. The van der Waals surface area contributed by atoms with Gasteiger partial charge in [-0.05, 0) is 31.0 Å². The Hall–Kier alpha value is -2.44. The lowest BCUT2D eigenvalue weighted by atomic mass is 10.2. The van der Waals surface area contributed by atoms with Gasteiger partial charge in [-0.1, -0.05) is 13.0 Å². The lowest BCUT2D eigenvalue weighted by molar-refractivity contribution is 0.0815. The van der Waals surface area contributed by atoms with E-state index in [4.69, 9.17) is 4.74 Å². The van der Waals surface area contributed by atoms with E-state index in [-0.39, 0.29) is 5.91 Å². The summed E-state index contributed by atoms with van der Waals surface area (Å²) in [4.78, 5) is 12.3. The molecule has 0 fully saturated rings. The number of ether oxygens (including phenoxy) is 1. The normalized spacial score (nSPS) is 10.9. The molecule has 0 aliphatic carbocycles. The largest absolute Gasteiger partial charge is 0.487 e. The van der Waals surface area contributed by atoms with Crippen LogP contribution in [0.25, 0.3) is 0 Å². The van der Waals surface area contributed by atoms with E-state index >= 15 is 0 Å². The molecule has 0 unspecified atom stereocenters. The van der Waals surface area contributed by atoms with Crippen LogP contribution in [-0.2, 0) is 13.5 Å². The summed E-state index contributed by atoms with van der Waals surface area (Å²) < 4.78 is 31.1. The third kappa shape index (κ3) is 4.28. The summed E-state index contributed by atoms with van der Waals surface area (Å²) in [6.07, 6.45) is -1.81. The lowest BCUT2D eigenvalue weighted by Crippen LogP contribution is -2.16. The summed E-state index contributed by atoms with van der Waals surface area (Å²) >= 11 is 0. The predicted molar refractivity (Wildman–Crippen MR) is 83.2 cm³/mol. The smallest absolute Gasteiger partial charge is 0.273 e. The second-order valence-electron chi connectivity index (χ2n) is 5.13. The van der Waals surface area contributed by atoms with Gasteiger partial charge in [0.2, 0.25) is 0 Å². The number of carbonyl (C=O) groups is 1. The fourth-order valence-corrected chi connectivity index (χ4v) is 2.09. The number of hydrogen-bond acceptors (Lipinski definition) is 3. The molecule has 1 amide bonds. The fraction of sp³-hybridized carbons (Fsp3) is 0.375. The van der Waals surface area contributed by atoms with Crippen LogP contribution in [0.15, 0.2) is 24.3 Å². The van der Waals surface area contributed by atoms with E-state index in [2.05, 4.69) is 10.4 Å². The van der Waals surface area contributed by atoms with Gasteiger partial charge in [-0.2, -0.15) is 5.10 Å². The third-order valence-electron chi connectivity index (χ3n) is 3.34. The van der Waals surface area contributed by atoms with Crippen molar-refractivity contribution in [1.29, 1.82) is 0 Å². The van der Waals surface area contributed by atoms with Crippen LogP contribution in [0.5, 0.6) is 5.75 Å². The van der Waals surface area contributed by atoms with Crippen molar-refractivity contribution in [2.24, 2.45) is 7.05 Å². The highest BCUT2D eigenvalue weighted by molar-refractivity contribution is 6.03. The number of nitrogens with zero attached hydrogens (tertiary/aromatic N) is 2. The molecule has 5 nitrogen and oxygen atoms in total. The molecule has 0 atom stereocenters. The molecular formula is C16H19F2N3O2. The van der Waals surface area contributed by atoms with Crippen LogP contribution in [0.1, 0.15) is 28.7 Å². The van der Waals surface area contributed by atoms with E-state index in [1.807, 2.05) is 6.92 Å². The molecule has 1 aromatic carbocycles. The molecule has 0 spiro atoms. The van der Waals surface area contributed by atoms with Crippen molar-refractivity contribution < 1.29 is 18.3 Å². The van der Waals surface area contributed by atoms with Gasteiger partial charge in [-0.15, -0.1) is 0 Å². The number of aromatic nitrogens is 2. The first kappa shape index (κ1) is 16.9. The maximum atomic E-state index is 12.3. The summed E-state index contributed by atoms with van der Waals surface area (Å²) in [7, 11) is 1.69. The molecule has 2 aromatic rings. The average Bonchev–Trinajstić information content (AvgIpc) is 2.89. The van der Waals surface area contributed by atoms with Gasteiger partial charge in [-0.3, -0.25) is 9.48 Å². The highest BCUT2D eigenvalue weighted by Crippen LogP contribution is 2.23. The first-order chi connectivity index (χ1) is 10.9. The molecule has 0 bridgehead atoms. The van der Waals surface area contributed by atoms with Gasteiger partial charge in [-0.25, -0.2) is 8.78 Å². The first-order valence-corrected chi connectivity index (χ1v) is 7.26. The summed E-state index contributed by atoms with van der Waals surface area (Å²) in [6.45, 7) is 3.03. The minimum atomic E-state index is -2.55. The Morgan fingerprint density at radius 2 is 2.13 bits per heavy atom. The van der Waals surface area contributed by atoms with E-state index in [1.165, 1.54) is 10.7 Å². The van der Waals surface area contributed by atoms with Gasteiger partial charge in [0.1, 0.15) is 18.1 Å². The van der Waals surface area contributed by atoms with Crippen molar-refractivity contribution in [2.75, 3.05) is 11.9 Å². The molecule has 2 rings (SSSR count). The zero-order valence-corrected chi connectivity index (χ0v) is 13.3. The highest BCUT2D eigenvalue weighted by atomic mass is 19.3. The van der Waals surface area contributed by atoms with E-state index in [0.29, 0.717) is 17.1 Å². The number of aryl methyl sites for hydroxylation is 3. The molecule has 7 heteroatoms. The first-order valence-electron chi connectivity index (χ1n) is 7.26. The molecule has 1 N–H and O–H groups in total. The van der Waals surface area contributed by atoms with Gasteiger partial charge >= 0.3 is 0 Å². The SMILES string of the molecule is CCc1cc(C(=O)Nc2ccc(C)c(OCC(F)F)c2)n(C)n1. The summed E-state index contributed by atoms with van der Waals surface area (Å²) in [5.41, 5.74) is 2.45. The topological polar surface area (TPSA) is 56.1 Å². The number of benzene rings is 1. The van der Waals surface area contributed by atoms with Crippen molar-refractivity contribution in [3.63, 3.8) is 0 Å².